The number of nitrogens with zero attached hydrogens (tertiary/aromatic N) is 2. The maximum Gasteiger partial charge on any atom is 0.269 e. The van der Waals surface area contributed by atoms with Crippen molar-refractivity contribution in [1.82, 2.24) is 9.78 Å². The van der Waals surface area contributed by atoms with Crippen LogP contribution in [-0.4, -0.2) is 21.6 Å². The summed E-state index contributed by atoms with van der Waals surface area (Å²) in [5, 5.41) is 6.62. The quantitative estimate of drug-likeness (QED) is 0.689. The molecule has 7 heteroatoms. The molecule has 0 saturated carbocycles. The van der Waals surface area contributed by atoms with E-state index in [4.69, 9.17) is 10.5 Å². The second-order valence-corrected chi connectivity index (χ2v) is 6.56. The predicted molar refractivity (Wildman–Crippen MR) is 106 cm³/mol. The summed E-state index contributed by atoms with van der Waals surface area (Å²) in [6, 6.07) is 13.1. The van der Waals surface area contributed by atoms with Gasteiger partial charge in [-0.05, 0) is 42.7 Å². The number of hydrogen-bond donors (Lipinski definition) is 2. The summed E-state index contributed by atoms with van der Waals surface area (Å²) in [5.41, 5.74) is 9.32. The number of hydrogen-bond acceptors (Lipinski definition) is 4. The molecule has 0 atom stereocenters. The summed E-state index contributed by atoms with van der Waals surface area (Å²) in [5.74, 6) is -0.133. The van der Waals surface area contributed by atoms with Crippen molar-refractivity contribution in [1.29, 1.82) is 0 Å². The summed E-state index contributed by atoms with van der Waals surface area (Å²) >= 11 is 0. The van der Waals surface area contributed by atoms with E-state index < -0.39 is 5.91 Å². The molecular formula is C21H22N4O3. The Balaban J connectivity index is 1.67. The zero-order chi connectivity index (χ0) is 20.3. The number of nitrogens with one attached hydrogen (secondary N) is 1. The van der Waals surface area contributed by atoms with E-state index in [1.807, 2.05) is 44.2 Å². The highest BCUT2D eigenvalue weighted by Crippen LogP contribution is 2.23. The topological polar surface area (TPSA) is 99.2 Å². The van der Waals surface area contributed by atoms with Crippen molar-refractivity contribution in [2.24, 2.45) is 12.8 Å². The molecule has 0 spiro atoms. The van der Waals surface area contributed by atoms with Gasteiger partial charge in [-0.2, -0.15) is 5.10 Å². The molecule has 7 nitrogen and oxygen atoms in total. The molecule has 0 aliphatic rings. The van der Waals surface area contributed by atoms with Crippen molar-refractivity contribution in [3.8, 4) is 5.75 Å². The fraction of sp³-hybridized carbons (Fsp3) is 0.190. The first-order valence-corrected chi connectivity index (χ1v) is 8.78. The number of para-hydroxylation sites is 1. The van der Waals surface area contributed by atoms with Crippen molar-refractivity contribution in [2.75, 3.05) is 5.32 Å². The zero-order valence-electron chi connectivity index (χ0n) is 16.0. The van der Waals surface area contributed by atoms with Crippen molar-refractivity contribution in [3.05, 3.63) is 76.6 Å². The molecule has 3 aromatic rings. The molecule has 0 unspecified atom stereocenters. The Morgan fingerprint density at radius 3 is 2.36 bits per heavy atom. The monoisotopic (exact) mass is 378 g/mol. The molecule has 0 aliphatic heterocycles. The second-order valence-electron chi connectivity index (χ2n) is 6.56. The molecule has 1 aromatic heterocycles. The second kappa shape index (κ2) is 7.96. The van der Waals surface area contributed by atoms with E-state index >= 15 is 0 Å². The van der Waals surface area contributed by atoms with E-state index in [9.17, 15) is 9.59 Å². The first kappa shape index (κ1) is 19.2. The number of ether oxygens (including phenoxy) is 1. The maximum absolute atomic E-state index is 12.4. The summed E-state index contributed by atoms with van der Waals surface area (Å²) < 4.78 is 7.26. The van der Waals surface area contributed by atoms with E-state index in [0.717, 1.165) is 22.4 Å². The van der Waals surface area contributed by atoms with Crippen molar-refractivity contribution >= 4 is 17.5 Å². The van der Waals surface area contributed by atoms with Crippen molar-refractivity contribution in [2.45, 2.75) is 20.5 Å². The highest BCUT2D eigenvalue weighted by atomic mass is 16.5. The fourth-order valence-electron chi connectivity index (χ4n) is 2.95. The zero-order valence-corrected chi connectivity index (χ0v) is 16.0. The lowest BCUT2D eigenvalue weighted by Gasteiger charge is -2.12. The van der Waals surface area contributed by atoms with Crippen LogP contribution in [0.4, 0.5) is 5.69 Å². The van der Waals surface area contributed by atoms with E-state index in [1.54, 1.807) is 19.2 Å². The highest BCUT2D eigenvalue weighted by Gasteiger charge is 2.17. The van der Waals surface area contributed by atoms with Crippen LogP contribution >= 0.6 is 0 Å². The first-order chi connectivity index (χ1) is 13.4. The summed E-state index contributed by atoms with van der Waals surface area (Å²) in [7, 11) is 1.58. The normalized spacial score (nSPS) is 10.5. The van der Waals surface area contributed by atoms with Gasteiger partial charge in [0.1, 0.15) is 18.1 Å². The number of benzene rings is 2. The molecule has 2 amide bonds. The molecule has 0 fully saturated rings. The van der Waals surface area contributed by atoms with Crippen LogP contribution in [0.1, 0.15) is 37.5 Å². The van der Waals surface area contributed by atoms with Gasteiger partial charge in [-0.1, -0.05) is 30.3 Å². The Labute approximate surface area is 163 Å². The van der Waals surface area contributed by atoms with Crippen molar-refractivity contribution in [3.63, 3.8) is 0 Å². The number of anilines is 1. The van der Waals surface area contributed by atoms with Gasteiger partial charge in [0.2, 0.25) is 0 Å². The lowest BCUT2D eigenvalue weighted by atomic mass is 10.1. The Morgan fingerprint density at radius 1 is 1.11 bits per heavy atom. The number of rotatable bonds is 6. The maximum atomic E-state index is 12.4. The average Bonchev–Trinajstić information content (AvgIpc) is 3.02. The number of primary amides is 1. The van der Waals surface area contributed by atoms with E-state index in [2.05, 4.69) is 10.4 Å². The number of aromatic nitrogens is 2. The van der Waals surface area contributed by atoms with Gasteiger partial charge in [-0.25, -0.2) is 0 Å². The summed E-state index contributed by atoms with van der Waals surface area (Å²) in [6.45, 7) is 4.42. The third-order valence-electron chi connectivity index (χ3n) is 4.43. The third-order valence-corrected chi connectivity index (χ3v) is 4.43. The van der Waals surface area contributed by atoms with Crippen LogP contribution in [0.5, 0.6) is 5.75 Å². The SMILES string of the molecule is Cc1cccc(C)c1OCc1ccc(C(=O)Nc2cnn(C)c2C(N)=O)cc1. The lowest BCUT2D eigenvalue weighted by molar-refractivity contribution is 0.0992. The molecule has 0 saturated heterocycles. The summed E-state index contributed by atoms with van der Waals surface area (Å²) in [4.78, 5) is 23.9. The molecule has 28 heavy (non-hydrogen) atoms. The van der Waals surface area contributed by atoms with Crippen LogP contribution in [0, 0.1) is 13.8 Å². The van der Waals surface area contributed by atoms with Gasteiger partial charge in [0, 0.05) is 12.6 Å². The van der Waals surface area contributed by atoms with Gasteiger partial charge in [-0.15, -0.1) is 0 Å². The van der Waals surface area contributed by atoms with E-state index in [0.29, 0.717) is 12.2 Å². The largest absolute Gasteiger partial charge is 0.488 e. The number of carbonyl (C=O) groups excluding carboxylic acids is 2. The molecule has 0 radical (unpaired) electrons. The van der Waals surface area contributed by atoms with Crippen molar-refractivity contribution < 1.29 is 14.3 Å². The molecule has 3 rings (SSSR count). The molecular weight excluding hydrogens is 356 g/mol. The Bertz CT molecular complexity index is 1000. The molecule has 144 valence electrons. The molecule has 0 bridgehead atoms. The van der Waals surface area contributed by atoms with Gasteiger partial charge in [0.25, 0.3) is 11.8 Å². The van der Waals surface area contributed by atoms with Gasteiger partial charge in [0.05, 0.1) is 11.9 Å². The first-order valence-electron chi connectivity index (χ1n) is 8.78. The van der Waals surface area contributed by atoms with Gasteiger partial charge < -0.3 is 15.8 Å². The highest BCUT2D eigenvalue weighted by molar-refractivity contribution is 6.08. The predicted octanol–water partition coefficient (Wildman–Crippen LogP) is 2.97. The number of carbonyl (C=O) groups is 2. The number of amides is 2. The van der Waals surface area contributed by atoms with E-state index in [-0.39, 0.29) is 17.3 Å². The minimum atomic E-state index is -0.658. The summed E-state index contributed by atoms with van der Waals surface area (Å²) in [6.07, 6.45) is 1.39. The van der Waals surface area contributed by atoms with Crippen LogP contribution in [0.3, 0.4) is 0 Å². The minimum Gasteiger partial charge on any atom is -0.488 e. The standard InChI is InChI=1S/C21H22N4O3/c1-13-5-4-6-14(2)19(13)28-12-15-7-9-16(10-8-15)21(27)24-17-11-23-25(3)18(17)20(22)26/h4-11H,12H2,1-3H3,(H2,22,26)(H,24,27). The van der Waals surface area contributed by atoms with Gasteiger partial charge in [0.15, 0.2) is 0 Å². The molecule has 0 aliphatic carbocycles. The molecule has 2 aromatic carbocycles. The van der Waals surface area contributed by atoms with Crippen LogP contribution in [0.2, 0.25) is 0 Å². The minimum absolute atomic E-state index is 0.145. The lowest BCUT2D eigenvalue weighted by Crippen LogP contribution is -2.20. The fourth-order valence-corrected chi connectivity index (χ4v) is 2.95. The Morgan fingerprint density at radius 2 is 1.75 bits per heavy atom. The van der Waals surface area contributed by atoms with Crippen LogP contribution in [-0.2, 0) is 13.7 Å². The molecule has 3 N–H and O–H groups in total. The van der Waals surface area contributed by atoms with Crippen LogP contribution < -0.4 is 15.8 Å². The Kier molecular flexibility index (Phi) is 5.44. The number of nitrogens with two attached hydrogens (primary N) is 1. The third kappa shape index (κ3) is 4.03. The van der Waals surface area contributed by atoms with Crippen LogP contribution in [0.15, 0.2) is 48.7 Å². The van der Waals surface area contributed by atoms with Gasteiger partial charge >= 0.3 is 0 Å². The number of aryl methyl sites for hydroxylation is 3. The Hall–Kier alpha value is -3.61. The smallest absolute Gasteiger partial charge is 0.269 e. The van der Waals surface area contributed by atoms with Crippen LogP contribution in [0.25, 0.3) is 0 Å². The molecule has 1 heterocycles. The van der Waals surface area contributed by atoms with E-state index in [1.165, 1.54) is 10.9 Å². The van der Waals surface area contributed by atoms with Gasteiger partial charge in [-0.3, -0.25) is 14.3 Å². The average molecular weight is 378 g/mol.